The highest BCUT2D eigenvalue weighted by atomic mass is 15.2. The van der Waals surface area contributed by atoms with Gasteiger partial charge in [-0.1, -0.05) is 42.5 Å². The molecule has 1 aliphatic rings. The van der Waals surface area contributed by atoms with Crippen LogP contribution in [0.25, 0.3) is 39.9 Å². The van der Waals surface area contributed by atoms with E-state index in [1.165, 1.54) is 12.0 Å². The van der Waals surface area contributed by atoms with E-state index < -0.39 is 0 Å². The molecular weight excluding hydrogens is 398 g/mol. The van der Waals surface area contributed by atoms with Gasteiger partial charge < -0.3 is 10.3 Å². The molecule has 0 radical (unpaired) electrons. The van der Waals surface area contributed by atoms with Gasteiger partial charge in [-0.2, -0.15) is 0 Å². The molecule has 2 N–H and O–H groups in total. The lowest BCUT2D eigenvalue weighted by atomic mass is 9.73. The van der Waals surface area contributed by atoms with Crippen molar-refractivity contribution in [3.8, 4) is 28.7 Å². The van der Waals surface area contributed by atoms with Crippen LogP contribution in [0.1, 0.15) is 24.8 Å². The van der Waals surface area contributed by atoms with Crippen LogP contribution in [0.5, 0.6) is 0 Å². The Hall–Kier alpha value is -3.84. The Labute approximate surface area is 185 Å². The van der Waals surface area contributed by atoms with E-state index in [1.54, 1.807) is 12.4 Å². The number of hydrogen-bond donors (Lipinski definition) is 1. The number of hydrogen-bond acceptors (Lipinski definition) is 5. The quantitative estimate of drug-likeness (QED) is 0.469. The van der Waals surface area contributed by atoms with Gasteiger partial charge in [-0.25, -0.2) is 19.9 Å². The number of nitrogens with two attached hydrogens (primary N) is 1. The second-order valence-corrected chi connectivity index (χ2v) is 8.46. The second-order valence-electron chi connectivity index (χ2n) is 8.46. The van der Waals surface area contributed by atoms with Gasteiger partial charge in [-0.15, -0.1) is 0 Å². The Morgan fingerprint density at radius 3 is 2.34 bits per heavy atom. The standard InChI is InChI=1S/C25H23N7/c1-31-15-14-27-23(31)24-29-20-16-28-21(17-6-3-2-4-7-17)30-22(20)32(24)19-10-8-18(9-11-19)25(26)12-5-13-25/h2-4,6-11,14-16H,5,12-13,26H2,1H3. The molecule has 0 aliphatic heterocycles. The summed E-state index contributed by atoms with van der Waals surface area (Å²) in [6.45, 7) is 0. The lowest BCUT2D eigenvalue weighted by molar-refractivity contribution is 0.253. The minimum atomic E-state index is -0.194. The summed E-state index contributed by atoms with van der Waals surface area (Å²) in [6, 6.07) is 18.4. The van der Waals surface area contributed by atoms with Crippen LogP contribution in [0, 0.1) is 0 Å². The molecule has 3 aromatic heterocycles. The fraction of sp³-hybridized carbons (Fsp3) is 0.200. The number of imidazole rings is 2. The second kappa shape index (κ2) is 7.10. The first-order valence-corrected chi connectivity index (χ1v) is 10.8. The largest absolute Gasteiger partial charge is 0.331 e. The van der Waals surface area contributed by atoms with Gasteiger partial charge in [0.2, 0.25) is 0 Å². The van der Waals surface area contributed by atoms with Crippen LogP contribution in [0.15, 0.2) is 73.2 Å². The summed E-state index contributed by atoms with van der Waals surface area (Å²) in [4.78, 5) is 18.9. The molecule has 1 aliphatic carbocycles. The van der Waals surface area contributed by atoms with E-state index in [2.05, 4.69) is 38.8 Å². The number of benzene rings is 2. The molecule has 7 nitrogen and oxygen atoms in total. The predicted molar refractivity (Wildman–Crippen MR) is 124 cm³/mol. The Morgan fingerprint density at radius 1 is 0.906 bits per heavy atom. The summed E-state index contributed by atoms with van der Waals surface area (Å²) in [5.74, 6) is 2.16. The van der Waals surface area contributed by atoms with E-state index in [0.717, 1.165) is 46.9 Å². The molecule has 7 heteroatoms. The van der Waals surface area contributed by atoms with E-state index in [9.17, 15) is 0 Å². The smallest absolute Gasteiger partial charge is 0.183 e. The van der Waals surface area contributed by atoms with Crippen molar-refractivity contribution < 1.29 is 0 Å². The molecule has 5 aromatic rings. The molecule has 0 bridgehead atoms. The number of aryl methyl sites for hydroxylation is 1. The molecule has 3 heterocycles. The average Bonchev–Trinajstić information content (AvgIpc) is 3.40. The zero-order valence-corrected chi connectivity index (χ0v) is 17.8. The Kier molecular flexibility index (Phi) is 4.19. The summed E-state index contributed by atoms with van der Waals surface area (Å²) in [6.07, 6.45) is 8.73. The van der Waals surface area contributed by atoms with Crippen molar-refractivity contribution in [1.29, 1.82) is 0 Å². The highest BCUT2D eigenvalue weighted by molar-refractivity contribution is 5.80. The lowest BCUT2D eigenvalue weighted by Crippen LogP contribution is -2.43. The molecule has 0 saturated heterocycles. The summed E-state index contributed by atoms with van der Waals surface area (Å²) >= 11 is 0. The van der Waals surface area contributed by atoms with E-state index in [4.69, 9.17) is 15.7 Å². The molecule has 32 heavy (non-hydrogen) atoms. The van der Waals surface area contributed by atoms with E-state index in [0.29, 0.717) is 5.82 Å². The topological polar surface area (TPSA) is 87.4 Å². The maximum atomic E-state index is 6.54. The van der Waals surface area contributed by atoms with Crippen LogP contribution in [0.4, 0.5) is 0 Å². The molecule has 1 saturated carbocycles. The SMILES string of the molecule is Cn1ccnc1-c1nc2cnc(-c3ccccc3)nc2n1-c1ccc(C2(N)CCC2)cc1. The van der Waals surface area contributed by atoms with Gasteiger partial charge in [0.1, 0.15) is 5.52 Å². The van der Waals surface area contributed by atoms with Gasteiger partial charge >= 0.3 is 0 Å². The van der Waals surface area contributed by atoms with Crippen LogP contribution in [0.2, 0.25) is 0 Å². The third-order valence-corrected chi connectivity index (χ3v) is 6.40. The zero-order valence-electron chi connectivity index (χ0n) is 17.8. The van der Waals surface area contributed by atoms with Gasteiger partial charge in [0, 0.05) is 36.2 Å². The molecule has 2 aromatic carbocycles. The first kappa shape index (κ1) is 18.9. The summed E-state index contributed by atoms with van der Waals surface area (Å²) < 4.78 is 4.01. The molecule has 0 spiro atoms. The van der Waals surface area contributed by atoms with Crippen molar-refractivity contribution in [2.24, 2.45) is 12.8 Å². The fourth-order valence-corrected chi connectivity index (χ4v) is 4.37. The number of rotatable bonds is 4. The summed E-state index contributed by atoms with van der Waals surface area (Å²) in [5.41, 5.74) is 10.9. The van der Waals surface area contributed by atoms with Gasteiger partial charge in [0.05, 0.1) is 6.20 Å². The highest BCUT2D eigenvalue weighted by Crippen LogP contribution is 2.39. The monoisotopic (exact) mass is 421 g/mol. The van der Waals surface area contributed by atoms with E-state index in [-0.39, 0.29) is 5.54 Å². The van der Waals surface area contributed by atoms with Crippen LogP contribution in [-0.4, -0.2) is 29.1 Å². The van der Waals surface area contributed by atoms with Gasteiger partial charge in [0.15, 0.2) is 23.1 Å². The first-order valence-electron chi connectivity index (χ1n) is 10.8. The number of nitrogens with zero attached hydrogens (tertiary/aromatic N) is 6. The molecule has 158 valence electrons. The fourth-order valence-electron chi connectivity index (χ4n) is 4.37. The average molecular weight is 422 g/mol. The van der Waals surface area contributed by atoms with Crippen molar-refractivity contribution in [3.05, 3.63) is 78.8 Å². The van der Waals surface area contributed by atoms with Crippen molar-refractivity contribution in [2.45, 2.75) is 24.8 Å². The van der Waals surface area contributed by atoms with Crippen LogP contribution in [0.3, 0.4) is 0 Å². The minimum absolute atomic E-state index is 0.194. The summed E-state index contributed by atoms with van der Waals surface area (Å²) in [7, 11) is 1.96. The normalized spacial score (nSPS) is 15.1. The van der Waals surface area contributed by atoms with Crippen molar-refractivity contribution in [2.75, 3.05) is 0 Å². The molecule has 1 fully saturated rings. The van der Waals surface area contributed by atoms with Crippen molar-refractivity contribution >= 4 is 11.2 Å². The maximum absolute atomic E-state index is 6.54. The number of fused-ring (bicyclic) bond motifs is 1. The van der Waals surface area contributed by atoms with Crippen molar-refractivity contribution in [3.63, 3.8) is 0 Å². The zero-order chi connectivity index (χ0) is 21.7. The Bertz CT molecular complexity index is 1410. The van der Waals surface area contributed by atoms with Gasteiger partial charge in [-0.3, -0.25) is 4.57 Å². The molecule has 0 atom stereocenters. The van der Waals surface area contributed by atoms with E-state index in [1.807, 2.05) is 48.1 Å². The first-order chi connectivity index (χ1) is 15.6. The molecular formula is C25H23N7. The summed E-state index contributed by atoms with van der Waals surface area (Å²) in [5, 5.41) is 0. The Morgan fingerprint density at radius 2 is 1.69 bits per heavy atom. The van der Waals surface area contributed by atoms with Crippen LogP contribution < -0.4 is 5.73 Å². The van der Waals surface area contributed by atoms with Gasteiger partial charge in [0.25, 0.3) is 0 Å². The highest BCUT2D eigenvalue weighted by Gasteiger charge is 2.34. The van der Waals surface area contributed by atoms with Crippen LogP contribution in [-0.2, 0) is 12.6 Å². The molecule has 0 amide bonds. The predicted octanol–water partition coefficient (Wildman–Crippen LogP) is 4.22. The third-order valence-electron chi connectivity index (χ3n) is 6.40. The van der Waals surface area contributed by atoms with Crippen LogP contribution >= 0.6 is 0 Å². The minimum Gasteiger partial charge on any atom is -0.331 e. The third kappa shape index (κ3) is 2.93. The Balaban J connectivity index is 1.56. The lowest BCUT2D eigenvalue weighted by Gasteiger charge is -2.38. The van der Waals surface area contributed by atoms with E-state index >= 15 is 0 Å². The maximum Gasteiger partial charge on any atom is 0.183 e. The van der Waals surface area contributed by atoms with Crippen molar-refractivity contribution in [1.82, 2.24) is 29.1 Å². The molecule has 6 rings (SSSR count). The molecule has 0 unspecified atom stereocenters. The van der Waals surface area contributed by atoms with Gasteiger partial charge in [-0.05, 0) is 37.0 Å². The number of aromatic nitrogens is 6.